The molecule has 0 fully saturated rings. The zero-order chi connectivity index (χ0) is 46.0. The molecule has 5 heteroatoms. The maximum Gasteiger partial charge on any atom is 1.00 e. The molecular weight excluding hydrogens is 1060 g/mol. The van der Waals surface area contributed by atoms with Crippen LogP contribution >= 0.6 is 15.8 Å². The standard InChI is InChI=1S/C32H29NP2.2C16H9.2Ag/c1-33(2)26-23-24-31(34(27-15-7-3-8-16-27)28-17-9-4-10-18-28)32(25-26)35(29-19-11-5-12-20-29)30-21-13-6-14-22-30;2*1-2-12-7-8-14-10-9-13-5-3-4-6-15(13)16(14)11-12;;/h3-25H,1-2H3;2*3-11H;;/q;2*-1;2*+1/p+2. The SMILES string of the molecule is CN(C)c1ccc([PH+](c2ccccc2)c2ccccc2)c([PH+](c2ccccc2)c2ccccc2)c1.[Ag+].[Ag+].[C-]#Cc1ccc2ccc3ccccc3c2c1.[C-]#Cc1ccc2ccc3ccccc3c2c1. The molecule has 340 valence electrons. The maximum atomic E-state index is 7.18. The summed E-state index contributed by atoms with van der Waals surface area (Å²) in [4.78, 5) is 2.22. The van der Waals surface area contributed by atoms with Gasteiger partial charge < -0.3 is 17.7 Å². The Kier molecular flexibility index (Phi) is 17.8. The van der Waals surface area contributed by atoms with Crippen molar-refractivity contribution in [2.75, 3.05) is 19.0 Å². The second-order valence-electron chi connectivity index (χ2n) is 16.5. The minimum Gasteiger partial charge on any atom is -0.378 e. The second-order valence-corrected chi connectivity index (χ2v) is 21.4. The number of anilines is 1. The molecule has 1 nitrogen and oxygen atoms in total. The summed E-state index contributed by atoms with van der Waals surface area (Å²) in [7, 11) is 1.85. The van der Waals surface area contributed by atoms with Crippen molar-refractivity contribution in [3.63, 3.8) is 0 Å². The van der Waals surface area contributed by atoms with Crippen LogP contribution < -0.4 is 36.7 Å². The number of rotatable bonds is 7. The van der Waals surface area contributed by atoms with Crippen LogP contribution in [0.1, 0.15) is 11.1 Å². The van der Waals surface area contributed by atoms with Gasteiger partial charge in [0.25, 0.3) is 0 Å². The molecular formula is C64H49Ag2NP2+2. The van der Waals surface area contributed by atoms with Gasteiger partial charge >= 0.3 is 44.8 Å². The average molecular weight is 1110 g/mol. The molecule has 0 unspecified atom stereocenters. The monoisotopic (exact) mass is 1110 g/mol. The fourth-order valence-corrected chi connectivity index (χ4v) is 14.8. The summed E-state index contributed by atoms with van der Waals surface area (Å²) in [6, 6.07) is 88.6. The van der Waals surface area contributed by atoms with Gasteiger partial charge in [-0.05, 0) is 104 Å². The van der Waals surface area contributed by atoms with Gasteiger partial charge in [-0.2, -0.15) is 0 Å². The van der Waals surface area contributed by atoms with E-state index in [-0.39, 0.29) is 44.8 Å². The first-order chi connectivity index (χ1) is 33.0. The van der Waals surface area contributed by atoms with Crippen molar-refractivity contribution in [1.29, 1.82) is 0 Å². The molecule has 0 N–H and O–H groups in total. The van der Waals surface area contributed by atoms with Gasteiger partial charge in [0.2, 0.25) is 0 Å². The van der Waals surface area contributed by atoms with Gasteiger partial charge in [-0.3, -0.25) is 11.8 Å². The minimum absolute atomic E-state index is 0. The molecule has 0 radical (unpaired) electrons. The van der Waals surface area contributed by atoms with E-state index in [0.717, 1.165) is 11.1 Å². The molecule has 0 bridgehead atoms. The van der Waals surface area contributed by atoms with Gasteiger partial charge in [0, 0.05) is 25.8 Å². The van der Waals surface area contributed by atoms with E-state index < -0.39 is 15.8 Å². The minimum atomic E-state index is -1.22. The summed E-state index contributed by atoms with van der Waals surface area (Å²) in [5, 5.41) is 18.4. The van der Waals surface area contributed by atoms with Crippen molar-refractivity contribution in [1.82, 2.24) is 0 Å². The van der Waals surface area contributed by atoms with E-state index in [4.69, 9.17) is 12.8 Å². The van der Waals surface area contributed by atoms with E-state index in [1.807, 2.05) is 60.7 Å². The van der Waals surface area contributed by atoms with E-state index in [1.165, 1.54) is 80.6 Å². The largest absolute Gasteiger partial charge is 1.00 e. The predicted octanol–water partition coefficient (Wildman–Crippen LogP) is 12.6. The molecule has 11 aromatic carbocycles. The molecule has 0 heterocycles. The van der Waals surface area contributed by atoms with Crippen molar-refractivity contribution < 1.29 is 44.8 Å². The van der Waals surface area contributed by atoms with E-state index in [0.29, 0.717) is 0 Å². The molecule has 0 aliphatic heterocycles. The molecule has 0 atom stereocenters. The zero-order valence-electron chi connectivity index (χ0n) is 38.2. The predicted molar refractivity (Wildman–Crippen MR) is 296 cm³/mol. The number of benzene rings is 11. The Morgan fingerprint density at radius 2 is 0.638 bits per heavy atom. The average Bonchev–Trinajstić information content (AvgIpc) is 3.40. The van der Waals surface area contributed by atoms with Crippen LogP contribution in [-0.2, 0) is 44.8 Å². The summed E-state index contributed by atoms with van der Waals surface area (Å²) in [5.74, 6) is 4.87. The summed E-state index contributed by atoms with van der Waals surface area (Å²) in [6.07, 6.45) is 14.4. The van der Waals surface area contributed by atoms with Crippen molar-refractivity contribution in [3.05, 3.63) is 273 Å². The van der Waals surface area contributed by atoms with Crippen LogP contribution in [0.25, 0.3) is 43.1 Å². The van der Waals surface area contributed by atoms with Crippen LogP contribution in [0.5, 0.6) is 0 Å². The van der Waals surface area contributed by atoms with Gasteiger partial charge in [0.15, 0.2) is 0 Å². The van der Waals surface area contributed by atoms with E-state index in [2.05, 4.69) is 219 Å². The molecule has 11 rings (SSSR count). The Labute approximate surface area is 441 Å². The summed E-state index contributed by atoms with van der Waals surface area (Å²) in [6.45, 7) is 0. The molecule has 0 aliphatic carbocycles. The molecule has 0 aliphatic rings. The molecule has 11 aromatic rings. The third-order valence-corrected chi connectivity index (χ3v) is 17.9. The van der Waals surface area contributed by atoms with Crippen molar-refractivity contribution >= 4 is 96.4 Å². The molecule has 0 amide bonds. The summed E-state index contributed by atoms with van der Waals surface area (Å²) < 4.78 is 0. The first-order valence-electron chi connectivity index (χ1n) is 22.5. The van der Waals surface area contributed by atoms with Gasteiger partial charge in [-0.1, -0.05) is 158 Å². The Bertz CT molecular complexity index is 3320. The van der Waals surface area contributed by atoms with Gasteiger partial charge in [-0.25, -0.2) is 0 Å². The number of fused-ring (bicyclic) bond motifs is 6. The van der Waals surface area contributed by atoms with Crippen LogP contribution in [0.2, 0.25) is 0 Å². The van der Waals surface area contributed by atoms with Gasteiger partial charge in [-0.15, -0.1) is 35.4 Å². The van der Waals surface area contributed by atoms with Crippen molar-refractivity contribution in [2.45, 2.75) is 0 Å². The molecule has 0 spiro atoms. The van der Waals surface area contributed by atoms with Crippen molar-refractivity contribution in [2.24, 2.45) is 0 Å². The molecule has 69 heavy (non-hydrogen) atoms. The number of hydrogen-bond donors (Lipinski definition) is 0. The van der Waals surface area contributed by atoms with Gasteiger partial charge in [0.05, 0.1) is 0 Å². The number of hydrogen-bond acceptors (Lipinski definition) is 1. The number of nitrogens with zero attached hydrogens (tertiary/aromatic N) is 1. The molecule has 0 aromatic heterocycles. The van der Waals surface area contributed by atoms with E-state index in [9.17, 15) is 0 Å². The van der Waals surface area contributed by atoms with E-state index >= 15 is 0 Å². The molecule has 0 saturated heterocycles. The Hall–Kier alpha value is -6.28. The quantitative estimate of drug-likeness (QED) is 0.0505. The summed E-state index contributed by atoms with van der Waals surface area (Å²) >= 11 is 0. The first kappa shape index (κ1) is 50.6. The fraction of sp³-hybridized carbons (Fsp3) is 0.0312. The third kappa shape index (κ3) is 11.8. The van der Waals surface area contributed by atoms with E-state index in [1.54, 1.807) is 0 Å². The molecule has 0 saturated carbocycles. The van der Waals surface area contributed by atoms with Crippen LogP contribution in [0, 0.1) is 24.7 Å². The zero-order valence-corrected chi connectivity index (χ0v) is 43.2. The van der Waals surface area contributed by atoms with Crippen molar-refractivity contribution in [3.8, 4) is 11.8 Å². The Morgan fingerprint density at radius 3 is 1.00 bits per heavy atom. The normalized spacial score (nSPS) is 10.5. The first-order valence-corrected chi connectivity index (χ1v) is 25.5. The second kappa shape index (κ2) is 24.3. The Balaban J connectivity index is 0.000000171. The third-order valence-electron chi connectivity index (χ3n) is 12.1. The Morgan fingerprint density at radius 1 is 0.319 bits per heavy atom. The fourth-order valence-electron chi connectivity index (χ4n) is 8.77. The van der Waals surface area contributed by atoms with Crippen LogP contribution in [0.15, 0.2) is 249 Å². The van der Waals surface area contributed by atoms with Gasteiger partial charge in [0.1, 0.15) is 47.7 Å². The maximum absolute atomic E-state index is 7.18. The summed E-state index contributed by atoms with van der Waals surface area (Å²) in [5.41, 5.74) is 2.90. The van der Waals surface area contributed by atoms with Crippen LogP contribution in [0.4, 0.5) is 5.69 Å². The van der Waals surface area contributed by atoms with Crippen LogP contribution in [-0.4, -0.2) is 14.1 Å². The topological polar surface area (TPSA) is 3.24 Å². The van der Waals surface area contributed by atoms with Crippen LogP contribution in [0.3, 0.4) is 0 Å². The smallest absolute Gasteiger partial charge is 0.378 e.